The average molecular weight is 425 g/mol. The highest BCUT2D eigenvalue weighted by atomic mass is 19.4. The van der Waals surface area contributed by atoms with Gasteiger partial charge >= 0.3 is 12.1 Å². The number of aliphatic carboxylic acids is 1. The average Bonchev–Trinajstić information content (AvgIpc) is 2.67. The van der Waals surface area contributed by atoms with Gasteiger partial charge in [-0.25, -0.2) is 9.18 Å². The van der Waals surface area contributed by atoms with E-state index in [2.05, 4.69) is 0 Å². The number of alkyl halides is 3. The number of aliphatic hydroxyl groups is 1. The molecule has 0 fully saturated rings. The molecule has 0 amide bonds. The SMILES string of the molecule is CC1C(C(=O)O)=C(OCCO)N(Cc2cccc(F)c2)c2cc(C(F)(F)F)ccc21. The summed E-state index contributed by atoms with van der Waals surface area (Å²) < 4.78 is 59.1. The fourth-order valence-electron chi connectivity index (χ4n) is 3.46. The normalized spacial score (nSPS) is 16.5. The highest BCUT2D eigenvalue weighted by molar-refractivity contribution is 5.92. The maximum atomic E-state index is 13.7. The zero-order valence-corrected chi connectivity index (χ0v) is 15.9. The maximum Gasteiger partial charge on any atom is 0.416 e. The fraction of sp³-hybridized carbons (Fsp3) is 0.286. The van der Waals surface area contributed by atoms with Gasteiger partial charge in [0.25, 0.3) is 0 Å². The first-order valence-corrected chi connectivity index (χ1v) is 9.07. The van der Waals surface area contributed by atoms with Crippen molar-refractivity contribution in [1.82, 2.24) is 0 Å². The predicted molar refractivity (Wildman–Crippen MR) is 100 cm³/mol. The lowest BCUT2D eigenvalue weighted by atomic mass is 9.87. The highest BCUT2D eigenvalue weighted by Crippen LogP contribution is 2.44. The Balaban J connectivity index is 2.21. The van der Waals surface area contributed by atoms with E-state index in [1.165, 1.54) is 29.2 Å². The van der Waals surface area contributed by atoms with Crippen molar-refractivity contribution in [1.29, 1.82) is 0 Å². The number of nitrogens with zero attached hydrogens (tertiary/aromatic N) is 1. The quantitative estimate of drug-likeness (QED) is 0.677. The van der Waals surface area contributed by atoms with Crippen molar-refractivity contribution in [2.45, 2.75) is 25.6 Å². The van der Waals surface area contributed by atoms with E-state index in [0.717, 1.165) is 12.1 Å². The summed E-state index contributed by atoms with van der Waals surface area (Å²) in [4.78, 5) is 13.2. The van der Waals surface area contributed by atoms with Gasteiger partial charge in [0.05, 0.1) is 18.7 Å². The number of carboxylic acids is 1. The minimum absolute atomic E-state index is 0.111. The molecule has 0 saturated heterocycles. The van der Waals surface area contributed by atoms with Crippen LogP contribution in [-0.2, 0) is 22.3 Å². The lowest BCUT2D eigenvalue weighted by Crippen LogP contribution is -2.34. The molecule has 9 heteroatoms. The molecule has 3 rings (SSSR count). The number of halogens is 4. The van der Waals surface area contributed by atoms with Gasteiger partial charge in [0.1, 0.15) is 18.0 Å². The van der Waals surface area contributed by atoms with Crippen molar-refractivity contribution in [2.24, 2.45) is 0 Å². The van der Waals surface area contributed by atoms with Crippen LogP contribution in [0, 0.1) is 5.82 Å². The smallest absolute Gasteiger partial charge is 0.416 e. The Morgan fingerprint density at radius 3 is 2.53 bits per heavy atom. The lowest BCUT2D eigenvalue weighted by molar-refractivity contribution is -0.137. The minimum Gasteiger partial charge on any atom is -0.478 e. The van der Waals surface area contributed by atoms with Crippen LogP contribution in [0.2, 0.25) is 0 Å². The topological polar surface area (TPSA) is 70.0 Å². The minimum atomic E-state index is -4.61. The van der Waals surface area contributed by atoms with Crippen molar-refractivity contribution in [3.05, 3.63) is 76.4 Å². The molecule has 0 bridgehead atoms. The van der Waals surface area contributed by atoms with Crippen molar-refractivity contribution >= 4 is 11.7 Å². The van der Waals surface area contributed by atoms with Crippen molar-refractivity contribution in [2.75, 3.05) is 18.1 Å². The van der Waals surface area contributed by atoms with Crippen LogP contribution in [0.15, 0.2) is 53.9 Å². The number of benzene rings is 2. The third kappa shape index (κ3) is 4.25. The van der Waals surface area contributed by atoms with E-state index in [4.69, 9.17) is 9.84 Å². The van der Waals surface area contributed by atoms with Gasteiger partial charge < -0.3 is 19.8 Å². The number of rotatable bonds is 6. The summed E-state index contributed by atoms with van der Waals surface area (Å²) in [5.74, 6) is -2.79. The van der Waals surface area contributed by atoms with Crippen LogP contribution in [0.1, 0.15) is 29.5 Å². The summed E-state index contributed by atoms with van der Waals surface area (Å²) in [6.45, 7) is 0.745. The Morgan fingerprint density at radius 2 is 1.93 bits per heavy atom. The molecule has 2 aromatic carbocycles. The number of carbonyl (C=O) groups is 1. The van der Waals surface area contributed by atoms with E-state index >= 15 is 0 Å². The Kier molecular flexibility index (Phi) is 6.02. The fourth-order valence-corrected chi connectivity index (χ4v) is 3.46. The number of hydrogen-bond acceptors (Lipinski definition) is 4. The van der Waals surface area contributed by atoms with Gasteiger partial charge in [-0.2, -0.15) is 13.2 Å². The van der Waals surface area contributed by atoms with Gasteiger partial charge in [0.15, 0.2) is 0 Å². The second-order valence-electron chi connectivity index (χ2n) is 6.81. The summed E-state index contributed by atoms with van der Waals surface area (Å²) in [6, 6.07) is 8.50. The predicted octanol–water partition coefficient (Wildman–Crippen LogP) is 4.27. The summed E-state index contributed by atoms with van der Waals surface area (Å²) in [7, 11) is 0. The summed E-state index contributed by atoms with van der Waals surface area (Å²) in [5, 5.41) is 18.9. The molecule has 2 N–H and O–H groups in total. The lowest BCUT2D eigenvalue weighted by Gasteiger charge is -2.37. The molecule has 1 atom stereocenters. The van der Waals surface area contributed by atoms with Crippen LogP contribution < -0.4 is 4.90 Å². The summed E-state index contributed by atoms with van der Waals surface area (Å²) in [5.41, 5.74) is -0.180. The first-order chi connectivity index (χ1) is 14.1. The van der Waals surface area contributed by atoms with Crippen LogP contribution in [0.3, 0.4) is 0 Å². The standard InChI is InChI=1S/C21H19F4NO4/c1-12-16-6-5-14(21(23,24)25)10-17(16)26(11-13-3-2-4-15(22)9-13)19(30-8-7-27)18(12)20(28)29/h2-6,9-10,12,27H,7-8,11H2,1H3,(H,28,29). The Labute approximate surface area is 169 Å². The van der Waals surface area contributed by atoms with Gasteiger partial charge in [0, 0.05) is 11.6 Å². The van der Waals surface area contributed by atoms with Gasteiger partial charge in [-0.3, -0.25) is 0 Å². The molecular formula is C21H19F4NO4. The highest BCUT2D eigenvalue weighted by Gasteiger charge is 2.38. The number of fused-ring (bicyclic) bond motifs is 1. The third-order valence-corrected chi connectivity index (χ3v) is 4.81. The van der Waals surface area contributed by atoms with E-state index in [-0.39, 0.29) is 30.3 Å². The number of ether oxygens (including phenoxy) is 1. The number of aliphatic hydroxyl groups excluding tert-OH is 1. The van der Waals surface area contributed by atoms with Crippen molar-refractivity contribution in [3.63, 3.8) is 0 Å². The first kappa shape index (κ1) is 21.6. The van der Waals surface area contributed by atoms with Gasteiger partial charge in [-0.15, -0.1) is 0 Å². The van der Waals surface area contributed by atoms with E-state index in [9.17, 15) is 27.5 Å². The Bertz CT molecular complexity index is 987. The molecule has 1 aliphatic rings. The molecule has 0 radical (unpaired) electrons. The molecule has 0 aromatic heterocycles. The first-order valence-electron chi connectivity index (χ1n) is 9.07. The Morgan fingerprint density at radius 1 is 1.20 bits per heavy atom. The summed E-state index contributed by atoms with van der Waals surface area (Å²) in [6.07, 6.45) is -4.61. The van der Waals surface area contributed by atoms with Gasteiger partial charge in [-0.05, 0) is 35.4 Å². The van der Waals surface area contributed by atoms with E-state index in [0.29, 0.717) is 11.1 Å². The van der Waals surface area contributed by atoms with Crippen LogP contribution >= 0.6 is 0 Å². The van der Waals surface area contributed by atoms with E-state index in [1.807, 2.05) is 0 Å². The van der Waals surface area contributed by atoms with Gasteiger partial charge in [0.2, 0.25) is 5.88 Å². The van der Waals surface area contributed by atoms with Gasteiger partial charge in [-0.1, -0.05) is 25.1 Å². The Hall–Kier alpha value is -3.07. The maximum absolute atomic E-state index is 13.7. The molecule has 30 heavy (non-hydrogen) atoms. The third-order valence-electron chi connectivity index (χ3n) is 4.81. The molecular weight excluding hydrogens is 406 g/mol. The number of anilines is 1. The zero-order valence-electron chi connectivity index (χ0n) is 15.9. The molecule has 0 saturated carbocycles. The largest absolute Gasteiger partial charge is 0.478 e. The van der Waals surface area contributed by atoms with Crippen LogP contribution in [-0.4, -0.2) is 29.4 Å². The van der Waals surface area contributed by atoms with Crippen molar-refractivity contribution in [3.8, 4) is 0 Å². The molecule has 0 aliphatic carbocycles. The van der Waals surface area contributed by atoms with Crippen LogP contribution in [0.5, 0.6) is 0 Å². The monoisotopic (exact) mass is 425 g/mol. The molecule has 160 valence electrons. The second kappa shape index (κ2) is 8.35. The van der Waals surface area contributed by atoms with Crippen LogP contribution in [0.25, 0.3) is 0 Å². The molecule has 0 spiro atoms. The molecule has 1 heterocycles. The molecule has 2 aromatic rings. The molecule has 1 aliphatic heterocycles. The number of carboxylic acid groups (broad SMARTS) is 1. The summed E-state index contributed by atoms with van der Waals surface area (Å²) >= 11 is 0. The second-order valence-corrected chi connectivity index (χ2v) is 6.81. The van der Waals surface area contributed by atoms with Crippen molar-refractivity contribution < 1.29 is 37.3 Å². The molecule has 5 nitrogen and oxygen atoms in total. The zero-order chi connectivity index (χ0) is 22.1. The van der Waals surface area contributed by atoms with E-state index < -0.39 is 36.1 Å². The van der Waals surface area contributed by atoms with E-state index in [1.54, 1.807) is 13.0 Å². The number of hydrogen-bond donors (Lipinski definition) is 2. The van der Waals surface area contributed by atoms with Crippen LogP contribution in [0.4, 0.5) is 23.2 Å². The molecule has 1 unspecified atom stereocenters.